The largest absolute Gasteiger partial charge is 0.480 e. The van der Waals surface area contributed by atoms with Crippen LogP contribution < -0.4 is 10.6 Å². The van der Waals surface area contributed by atoms with Crippen LogP contribution >= 0.6 is 0 Å². The molecule has 0 aromatic carbocycles. The second kappa shape index (κ2) is 7.62. The molecule has 0 saturated heterocycles. The molecule has 1 atom stereocenters. The summed E-state index contributed by atoms with van der Waals surface area (Å²) in [6.45, 7) is 6.36. The maximum Gasteiger partial charge on any atom is 0.329 e. The first-order valence-corrected chi connectivity index (χ1v) is 7.71. The third-order valence-corrected chi connectivity index (χ3v) is 4.55. The highest BCUT2D eigenvalue weighted by Crippen LogP contribution is 2.33. The van der Waals surface area contributed by atoms with Gasteiger partial charge in [0.15, 0.2) is 0 Å². The summed E-state index contributed by atoms with van der Waals surface area (Å²) in [7, 11) is 0. The van der Waals surface area contributed by atoms with Crippen molar-refractivity contribution < 1.29 is 14.7 Å². The fourth-order valence-corrected chi connectivity index (χ4v) is 2.69. The Balaban J connectivity index is 2.55. The monoisotopic (exact) mass is 284 g/mol. The van der Waals surface area contributed by atoms with E-state index >= 15 is 0 Å². The van der Waals surface area contributed by atoms with Gasteiger partial charge in [-0.3, -0.25) is 4.79 Å². The predicted octanol–water partition coefficient (Wildman–Crippen LogP) is 1.91. The topological polar surface area (TPSA) is 78.4 Å². The highest BCUT2D eigenvalue weighted by molar-refractivity contribution is 5.88. The van der Waals surface area contributed by atoms with Crippen LogP contribution in [0.3, 0.4) is 0 Å². The number of aliphatic carboxylic acids is 1. The van der Waals surface area contributed by atoms with Gasteiger partial charge in [-0.25, -0.2) is 4.79 Å². The summed E-state index contributed by atoms with van der Waals surface area (Å²) in [5.74, 6) is -0.524. The second-order valence-corrected chi connectivity index (χ2v) is 5.98. The first kappa shape index (κ1) is 17.0. The second-order valence-electron chi connectivity index (χ2n) is 5.98. The van der Waals surface area contributed by atoms with Crippen molar-refractivity contribution >= 4 is 11.9 Å². The van der Waals surface area contributed by atoms with Crippen molar-refractivity contribution in [1.82, 2.24) is 10.6 Å². The van der Waals surface area contributed by atoms with Crippen LogP contribution in [0.4, 0.5) is 0 Å². The van der Waals surface area contributed by atoms with Crippen LogP contribution in [-0.4, -0.2) is 35.1 Å². The SMILES string of the molecule is CCC1CCC(NC(=O)CNC(C)CC)(C(=O)O)CC1. The molecule has 1 saturated carbocycles. The van der Waals surface area contributed by atoms with Gasteiger partial charge in [-0.1, -0.05) is 20.3 Å². The number of carbonyl (C=O) groups excluding carboxylic acids is 1. The van der Waals surface area contributed by atoms with E-state index < -0.39 is 11.5 Å². The fourth-order valence-electron chi connectivity index (χ4n) is 2.69. The van der Waals surface area contributed by atoms with E-state index in [1.165, 1.54) is 0 Å². The molecular weight excluding hydrogens is 256 g/mol. The van der Waals surface area contributed by atoms with Gasteiger partial charge in [-0.05, 0) is 44.9 Å². The number of rotatable bonds is 7. The molecular formula is C15H28N2O3. The van der Waals surface area contributed by atoms with Gasteiger partial charge in [-0.15, -0.1) is 0 Å². The quantitative estimate of drug-likeness (QED) is 0.667. The molecule has 5 nitrogen and oxygen atoms in total. The maximum atomic E-state index is 12.0. The minimum Gasteiger partial charge on any atom is -0.480 e. The summed E-state index contributed by atoms with van der Waals surface area (Å²) in [6, 6.07) is 0.261. The zero-order valence-corrected chi connectivity index (χ0v) is 12.9. The Hall–Kier alpha value is -1.10. The first-order valence-electron chi connectivity index (χ1n) is 7.71. The lowest BCUT2D eigenvalue weighted by Crippen LogP contribution is -2.58. The first-order chi connectivity index (χ1) is 9.43. The molecule has 0 bridgehead atoms. The van der Waals surface area contributed by atoms with Crippen LogP contribution in [0.5, 0.6) is 0 Å². The van der Waals surface area contributed by atoms with Crippen molar-refractivity contribution in [3.05, 3.63) is 0 Å². The summed E-state index contributed by atoms with van der Waals surface area (Å²) < 4.78 is 0. The number of carbonyl (C=O) groups is 2. The van der Waals surface area contributed by atoms with Crippen molar-refractivity contribution in [3.63, 3.8) is 0 Å². The molecule has 0 radical (unpaired) electrons. The number of amides is 1. The van der Waals surface area contributed by atoms with E-state index in [1.807, 2.05) is 13.8 Å². The third-order valence-electron chi connectivity index (χ3n) is 4.55. The molecule has 0 aromatic rings. The van der Waals surface area contributed by atoms with E-state index in [0.717, 1.165) is 25.7 Å². The van der Waals surface area contributed by atoms with Gasteiger partial charge in [0.1, 0.15) is 5.54 Å². The molecule has 0 aliphatic heterocycles. The van der Waals surface area contributed by atoms with Gasteiger partial charge in [-0.2, -0.15) is 0 Å². The van der Waals surface area contributed by atoms with E-state index in [9.17, 15) is 14.7 Å². The highest BCUT2D eigenvalue weighted by atomic mass is 16.4. The molecule has 20 heavy (non-hydrogen) atoms. The Morgan fingerprint density at radius 1 is 1.30 bits per heavy atom. The van der Waals surface area contributed by atoms with Crippen LogP contribution in [0.1, 0.15) is 59.3 Å². The average Bonchev–Trinajstić information content (AvgIpc) is 2.45. The molecule has 1 aliphatic carbocycles. The Kier molecular flexibility index (Phi) is 6.46. The van der Waals surface area contributed by atoms with Gasteiger partial charge >= 0.3 is 5.97 Å². The number of nitrogens with one attached hydrogen (secondary N) is 2. The molecule has 1 aliphatic rings. The molecule has 3 N–H and O–H groups in total. The summed E-state index contributed by atoms with van der Waals surface area (Å²) in [6.07, 6.45) is 4.85. The smallest absolute Gasteiger partial charge is 0.329 e. The van der Waals surface area contributed by atoms with E-state index in [-0.39, 0.29) is 18.5 Å². The van der Waals surface area contributed by atoms with Crippen LogP contribution in [0.2, 0.25) is 0 Å². The van der Waals surface area contributed by atoms with E-state index in [4.69, 9.17) is 0 Å². The lowest BCUT2D eigenvalue weighted by atomic mass is 9.75. The molecule has 116 valence electrons. The Morgan fingerprint density at radius 3 is 2.35 bits per heavy atom. The van der Waals surface area contributed by atoms with Crippen LogP contribution in [-0.2, 0) is 9.59 Å². The molecule has 1 fully saturated rings. The molecule has 0 aromatic heterocycles. The minimum absolute atomic E-state index is 0.182. The number of hydrogen-bond donors (Lipinski definition) is 3. The number of carboxylic acid groups (broad SMARTS) is 1. The molecule has 1 amide bonds. The fraction of sp³-hybridized carbons (Fsp3) is 0.867. The predicted molar refractivity (Wildman–Crippen MR) is 78.5 cm³/mol. The molecule has 0 spiro atoms. The van der Waals surface area contributed by atoms with Crippen molar-refractivity contribution in [2.45, 2.75) is 70.9 Å². The van der Waals surface area contributed by atoms with Crippen LogP contribution in [0.15, 0.2) is 0 Å². The van der Waals surface area contributed by atoms with Gasteiger partial charge in [0.05, 0.1) is 6.54 Å². The Morgan fingerprint density at radius 2 is 1.90 bits per heavy atom. The van der Waals surface area contributed by atoms with Gasteiger partial charge in [0.2, 0.25) is 5.91 Å². The zero-order chi connectivity index (χ0) is 15.2. The summed E-state index contributed by atoms with van der Waals surface area (Å²) >= 11 is 0. The zero-order valence-electron chi connectivity index (χ0n) is 12.9. The molecule has 0 heterocycles. The highest BCUT2D eigenvalue weighted by Gasteiger charge is 2.42. The van der Waals surface area contributed by atoms with Crippen molar-refractivity contribution in [1.29, 1.82) is 0 Å². The number of hydrogen-bond acceptors (Lipinski definition) is 3. The lowest BCUT2D eigenvalue weighted by molar-refractivity contribution is -0.149. The standard InChI is InChI=1S/C15H28N2O3/c1-4-11(3)16-10-13(18)17-15(14(19)20)8-6-12(5-2)7-9-15/h11-12,16H,4-10H2,1-3H3,(H,17,18)(H,19,20). The van der Waals surface area contributed by atoms with E-state index in [0.29, 0.717) is 18.8 Å². The Labute approximate surface area is 121 Å². The molecule has 1 rings (SSSR count). The van der Waals surface area contributed by atoms with Crippen LogP contribution in [0, 0.1) is 5.92 Å². The van der Waals surface area contributed by atoms with Gasteiger partial charge in [0.25, 0.3) is 0 Å². The minimum atomic E-state index is -1.06. The molecule has 1 unspecified atom stereocenters. The van der Waals surface area contributed by atoms with Crippen LogP contribution in [0.25, 0.3) is 0 Å². The maximum absolute atomic E-state index is 12.0. The third kappa shape index (κ3) is 4.47. The van der Waals surface area contributed by atoms with Crippen molar-refractivity contribution in [2.24, 2.45) is 5.92 Å². The normalized spacial score (nSPS) is 27.9. The lowest BCUT2D eigenvalue weighted by Gasteiger charge is -2.37. The van der Waals surface area contributed by atoms with Crippen molar-refractivity contribution in [3.8, 4) is 0 Å². The average molecular weight is 284 g/mol. The summed E-state index contributed by atoms with van der Waals surface area (Å²) in [5, 5.41) is 15.3. The van der Waals surface area contributed by atoms with Gasteiger partial charge < -0.3 is 15.7 Å². The summed E-state index contributed by atoms with van der Waals surface area (Å²) in [4.78, 5) is 23.5. The van der Waals surface area contributed by atoms with Gasteiger partial charge in [0, 0.05) is 6.04 Å². The molecule has 5 heteroatoms. The Bertz CT molecular complexity index is 336. The van der Waals surface area contributed by atoms with E-state index in [1.54, 1.807) is 0 Å². The van der Waals surface area contributed by atoms with E-state index in [2.05, 4.69) is 17.6 Å². The summed E-state index contributed by atoms with van der Waals surface area (Å²) in [5.41, 5.74) is -1.06. The van der Waals surface area contributed by atoms with Crippen molar-refractivity contribution in [2.75, 3.05) is 6.54 Å². The number of carboxylic acids is 1.